The van der Waals surface area contributed by atoms with Crippen molar-refractivity contribution in [1.29, 1.82) is 0 Å². The van der Waals surface area contributed by atoms with Gasteiger partial charge in [-0.2, -0.15) is 0 Å². The number of imide groups is 1. The topological polar surface area (TPSA) is 102 Å². The zero-order valence-corrected chi connectivity index (χ0v) is 14.9. The number of aromatic nitrogens is 1. The predicted octanol–water partition coefficient (Wildman–Crippen LogP) is 0.943. The number of amides is 2. The average molecular weight is 357 g/mol. The van der Waals surface area contributed by atoms with Gasteiger partial charge in [-0.1, -0.05) is 11.2 Å². The molecule has 1 N–H and O–H groups in total. The molecule has 1 aromatic heterocycles. The molecule has 2 saturated heterocycles. The molecule has 136 valence electrons. The Balaban J connectivity index is 1.85. The summed E-state index contributed by atoms with van der Waals surface area (Å²) in [6.07, 6.45) is 0. The largest absolute Gasteiger partial charge is 0.468 e. The van der Waals surface area contributed by atoms with E-state index in [1.54, 1.807) is 13.0 Å². The molecule has 0 unspecified atom stereocenters. The first kappa shape index (κ1) is 16.7. The molecule has 2 aliphatic heterocycles. The highest BCUT2D eigenvalue weighted by molar-refractivity contribution is 6.09. The van der Waals surface area contributed by atoms with Crippen molar-refractivity contribution in [1.82, 2.24) is 15.4 Å². The number of nitrogens with one attached hydrogen (secondary N) is 1. The van der Waals surface area contributed by atoms with Crippen LogP contribution >= 0.6 is 0 Å². The Labute approximate surface area is 149 Å². The molecule has 2 fully saturated rings. The molecular weight excluding hydrogens is 338 g/mol. The first-order chi connectivity index (χ1) is 12.3. The molecule has 2 aliphatic rings. The second kappa shape index (κ2) is 5.38. The third-order valence-corrected chi connectivity index (χ3v) is 5.65. The first-order valence-electron chi connectivity index (χ1n) is 8.33. The maximum absolute atomic E-state index is 12.7. The van der Waals surface area contributed by atoms with Gasteiger partial charge in [-0.25, -0.2) is 0 Å². The van der Waals surface area contributed by atoms with Crippen molar-refractivity contribution in [2.75, 3.05) is 14.2 Å². The minimum Gasteiger partial charge on any atom is -0.468 e. The van der Waals surface area contributed by atoms with Crippen molar-refractivity contribution in [3.8, 4) is 0 Å². The number of likely N-dealkylation sites (tertiary alicyclic amines) is 1. The fraction of sp³-hybridized carbons (Fsp3) is 0.444. The average Bonchev–Trinajstić information content (AvgIpc) is 3.24. The van der Waals surface area contributed by atoms with Crippen LogP contribution in [0.1, 0.15) is 24.2 Å². The summed E-state index contributed by atoms with van der Waals surface area (Å²) in [4.78, 5) is 39.0. The van der Waals surface area contributed by atoms with Gasteiger partial charge in [0.2, 0.25) is 11.8 Å². The van der Waals surface area contributed by atoms with Crippen LogP contribution in [0.2, 0.25) is 0 Å². The Morgan fingerprint density at radius 3 is 2.77 bits per heavy atom. The monoisotopic (exact) mass is 357 g/mol. The quantitative estimate of drug-likeness (QED) is 0.630. The summed E-state index contributed by atoms with van der Waals surface area (Å²) in [5, 5.41) is 7.97. The predicted molar refractivity (Wildman–Crippen MR) is 89.8 cm³/mol. The van der Waals surface area contributed by atoms with Crippen LogP contribution in [0.25, 0.3) is 11.0 Å². The number of fused-ring (bicyclic) bond motifs is 2. The van der Waals surface area contributed by atoms with Gasteiger partial charge < -0.3 is 9.26 Å². The van der Waals surface area contributed by atoms with Crippen molar-refractivity contribution in [2.45, 2.75) is 25.4 Å². The molecule has 1 aromatic carbocycles. The maximum Gasteiger partial charge on any atom is 0.326 e. The summed E-state index contributed by atoms with van der Waals surface area (Å²) in [5.74, 6) is -2.71. The number of aryl methyl sites for hydroxylation is 1. The molecule has 4 rings (SSSR count). The van der Waals surface area contributed by atoms with Crippen LogP contribution in [0.3, 0.4) is 0 Å². The van der Waals surface area contributed by atoms with E-state index >= 15 is 0 Å². The lowest BCUT2D eigenvalue weighted by Crippen LogP contribution is -2.53. The van der Waals surface area contributed by atoms with Crippen LogP contribution < -0.4 is 5.32 Å². The van der Waals surface area contributed by atoms with E-state index in [1.807, 2.05) is 19.1 Å². The highest BCUT2D eigenvalue weighted by atomic mass is 16.5. The normalized spacial score (nSPS) is 30.9. The fourth-order valence-corrected chi connectivity index (χ4v) is 4.24. The molecule has 26 heavy (non-hydrogen) atoms. The van der Waals surface area contributed by atoms with Gasteiger partial charge in [0.15, 0.2) is 5.58 Å². The molecule has 4 atom stereocenters. The Kier molecular flexibility index (Phi) is 3.46. The van der Waals surface area contributed by atoms with Gasteiger partial charge in [0.1, 0.15) is 5.54 Å². The summed E-state index contributed by atoms with van der Waals surface area (Å²) >= 11 is 0. The van der Waals surface area contributed by atoms with E-state index in [0.29, 0.717) is 5.58 Å². The summed E-state index contributed by atoms with van der Waals surface area (Å²) in [6.45, 7) is 3.45. The minimum absolute atomic E-state index is 0.299. The number of hydrogen-bond acceptors (Lipinski definition) is 7. The highest BCUT2D eigenvalue weighted by Crippen LogP contribution is 2.48. The zero-order valence-electron chi connectivity index (χ0n) is 14.9. The van der Waals surface area contributed by atoms with Crippen LogP contribution in [0.15, 0.2) is 22.7 Å². The van der Waals surface area contributed by atoms with Gasteiger partial charge in [-0.3, -0.25) is 24.6 Å². The summed E-state index contributed by atoms with van der Waals surface area (Å²) < 4.78 is 10.1. The van der Waals surface area contributed by atoms with Gasteiger partial charge in [-0.05, 0) is 31.5 Å². The van der Waals surface area contributed by atoms with E-state index in [4.69, 9.17) is 9.26 Å². The number of carbonyl (C=O) groups is 3. The van der Waals surface area contributed by atoms with Crippen LogP contribution in [0.4, 0.5) is 0 Å². The number of hydrogen-bond donors (Lipinski definition) is 1. The third kappa shape index (κ3) is 1.99. The second-order valence-corrected chi connectivity index (χ2v) is 7.08. The minimum atomic E-state index is -1.28. The van der Waals surface area contributed by atoms with Crippen molar-refractivity contribution >= 4 is 28.8 Å². The van der Waals surface area contributed by atoms with Gasteiger partial charge >= 0.3 is 5.97 Å². The number of rotatable bonds is 2. The summed E-state index contributed by atoms with van der Waals surface area (Å²) in [6, 6.07) is 4.99. The number of carbonyl (C=O) groups excluding carboxylic acids is 3. The molecule has 0 radical (unpaired) electrons. The zero-order chi connectivity index (χ0) is 18.8. The lowest BCUT2D eigenvalue weighted by atomic mass is 9.80. The molecule has 0 saturated carbocycles. The number of methoxy groups -OCH3 is 1. The lowest BCUT2D eigenvalue weighted by Gasteiger charge is -2.27. The number of benzene rings is 1. The summed E-state index contributed by atoms with van der Waals surface area (Å²) in [7, 11) is 2.72. The molecule has 0 bridgehead atoms. The van der Waals surface area contributed by atoms with E-state index in [2.05, 4.69) is 10.5 Å². The molecule has 0 spiro atoms. The lowest BCUT2D eigenvalue weighted by molar-refractivity contribution is -0.152. The van der Waals surface area contributed by atoms with E-state index in [9.17, 15) is 14.4 Å². The second-order valence-electron chi connectivity index (χ2n) is 7.08. The Hall–Kier alpha value is -2.74. The number of nitrogens with zero attached hydrogens (tertiary/aromatic N) is 2. The van der Waals surface area contributed by atoms with Crippen molar-refractivity contribution in [2.24, 2.45) is 11.8 Å². The van der Waals surface area contributed by atoms with Crippen LogP contribution in [0, 0.1) is 18.8 Å². The van der Waals surface area contributed by atoms with E-state index in [-0.39, 0.29) is 11.8 Å². The molecular formula is C18H19N3O5. The van der Waals surface area contributed by atoms with Crippen LogP contribution in [-0.4, -0.2) is 47.5 Å². The number of ether oxygens (including phenoxy) is 1. The van der Waals surface area contributed by atoms with E-state index in [0.717, 1.165) is 21.5 Å². The molecule has 0 aliphatic carbocycles. The molecule has 2 aromatic rings. The first-order valence-corrected chi connectivity index (χ1v) is 8.33. The third-order valence-electron chi connectivity index (χ3n) is 5.65. The maximum atomic E-state index is 12.7. The van der Waals surface area contributed by atoms with E-state index < -0.39 is 29.4 Å². The van der Waals surface area contributed by atoms with Crippen LogP contribution in [0.5, 0.6) is 0 Å². The van der Waals surface area contributed by atoms with E-state index in [1.165, 1.54) is 14.2 Å². The van der Waals surface area contributed by atoms with Gasteiger partial charge in [0, 0.05) is 18.5 Å². The highest BCUT2D eigenvalue weighted by Gasteiger charge is 2.66. The molecule has 2 amide bonds. The van der Waals surface area contributed by atoms with Crippen molar-refractivity contribution in [3.05, 3.63) is 29.5 Å². The van der Waals surface area contributed by atoms with Crippen LogP contribution in [-0.2, 0) is 19.1 Å². The SMILES string of the molecule is COC(=O)[C@@]1(C)N[C@@H](c2ccc3onc(C)c3c2)[C@H]2C(=O)N(C)C(=O)[C@H]21. The molecule has 3 heterocycles. The fourth-order valence-electron chi connectivity index (χ4n) is 4.24. The van der Waals surface area contributed by atoms with Crippen molar-refractivity contribution < 1.29 is 23.6 Å². The Morgan fingerprint density at radius 2 is 2.08 bits per heavy atom. The van der Waals surface area contributed by atoms with Gasteiger partial charge in [0.05, 0.1) is 24.6 Å². The Bertz CT molecular complexity index is 951. The molecule has 8 nitrogen and oxygen atoms in total. The Morgan fingerprint density at radius 1 is 1.35 bits per heavy atom. The van der Waals surface area contributed by atoms with Crippen molar-refractivity contribution in [3.63, 3.8) is 0 Å². The molecule has 8 heteroatoms. The van der Waals surface area contributed by atoms with Gasteiger partial charge in [0.25, 0.3) is 0 Å². The standard InChI is InChI=1S/C18H19N3O5/c1-8-10-7-9(5-6-11(10)26-20-8)14-12-13(16(23)21(3)15(12)22)18(2,19-14)17(24)25-4/h5-7,12-14,19H,1-4H3/t12-,13-,14-,18-/m0/s1. The summed E-state index contributed by atoms with van der Waals surface area (Å²) in [5.41, 5.74) is 0.892. The van der Waals surface area contributed by atoms with Gasteiger partial charge in [-0.15, -0.1) is 0 Å². The smallest absolute Gasteiger partial charge is 0.326 e. The number of esters is 1.